The molecule has 1 atom stereocenters. The van der Waals surface area contributed by atoms with Crippen LogP contribution in [0.4, 0.5) is 4.39 Å². The topological polar surface area (TPSA) is 59.8 Å². The lowest BCUT2D eigenvalue weighted by Crippen LogP contribution is -2.62. The molecule has 1 unspecified atom stereocenters. The Morgan fingerprint density at radius 1 is 1.14 bits per heavy atom. The van der Waals surface area contributed by atoms with Gasteiger partial charge in [0.2, 0.25) is 0 Å². The number of pyridine rings is 1. The molecule has 0 radical (unpaired) electrons. The minimum Gasteiger partial charge on any atom is -0.353 e. The summed E-state index contributed by atoms with van der Waals surface area (Å²) in [6, 6.07) is 5.05. The second-order valence-electron chi connectivity index (χ2n) is 13.0. The maximum atomic E-state index is 14.5. The van der Waals surface area contributed by atoms with Crippen LogP contribution in [0.2, 0.25) is 0 Å². The van der Waals surface area contributed by atoms with Gasteiger partial charge in [0.15, 0.2) is 5.79 Å². The lowest BCUT2D eigenvalue weighted by molar-refractivity contribution is -0.281. The van der Waals surface area contributed by atoms with Crippen molar-refractivity contribution >= 4 is 16.8 Å². The summed E-state index contributed by atoms with van der Waals surface area (Å²) in [4.78, 5) is 22.5. The first-order chi connectivity index (χ1) is 20.0. The quantitative estimate of drug-likeness (QED) is 0.252. The molecule has 42 heavy (non-hydrogen) atoms. The summed E-state index contributed by atoms with van der Waals surface area (Å²) in [5.41, 5.74) is 4.35. The molecule has 1 saturated carbocycles. The third kappa shape index (κ3) is 5.49. The number of amides is 1. The molecule has 3 heterocycles. The van der Waals surface area contributed by atoms with E-state index >= 15 is 0 Å². The molecule has 5 rings (SSSR count). The van der Waals surface area contributed by atoms with Gasteiger partial charge in [-0.2, -0.15) is 0 Å². The first kappa shape index (κ1) is 30.6. The van der Waals surface area contributed by atoms with E-state index < -0.39 is 11.6 Å². The number of hydrogen-bond acceptors (Lipinski definition) is 5. The molecule has 2 fully saturated rings. The molecule has 228 valence electrons. The zero-order valence-electron chi connectivity index (χ0n) is 26.5. The molecule has 1 amide bonds. The predicted molar refractivity (Wildman–Crippen MR) is 164 cm³/mol. The van der Waals surface area contributed by atoms with Gasteiger partial charge in [-0.1, -0.05) is 13.8 Å². The molecule has 3 aromatic rings. The number of carbonyl (C=O) groups is 1. The number of fused-ring (bicyclic) bond motifs is 1. The van der Waals surface area contributed by atoms with Crippen LogP contribution in [0, 0.1) is 30.5 Å². The zero-order chi connectivity index (χ0) is 30.3. The average Bonchev–Trinajstić information content (AvgIpc) is 3.27. The molecule has 2 aromatic heterocycles. The number of ether oxygens (including phenoxy) is 2. The number of aryl methyl sites for hydroxylation is 1. The van der Waals surface area contributed by atoms with E-state index in [1.54, 1.807) is 25.2 Å². The molecule has 0 spiro atoms. The number of likely N-dealkylation sites (tertiary alicyclic amines) is 1. The minimum atomic E-state index is -0.417. The standard InChI is InChI=1S/C34H47FN4O3/c1-9-38(22(4)5)33(40)28-13-27(35)10-11-29(28)39-20-25(31-23(6)16-36-17-30(31)39)12-24-18-37(19-24)32(21(2)3)26-14-34(15-26,41-7)42-8/h10-11,13,16-17,20-22,24,26,32H,9,12,14-15,18-19H2,1-8H3. The van der Waals surface area contributed by atoms with E-state index in [-0.39, 0.29) is 11.9 Å². The molecular formula is C34H47FN4O3. The van der Waals surface area contributed by atoms with Crippen molar-refractivity contribution in [3.63, 3.8) is 0 Å². The van der Waals surface area contributed by atoms with Gasteiger partial charge in [-0.3, -0.25) is 14.7 Å². The van der Waals surface area contributed by atoms with Gasteiger partial charge in [-0.25, -0.2) is 4.39 Å². The molecule has 7 nitrogen and oxygen atoms in total. The highest BCUT2D eigenvalue weighted by Gasteiger charge is 2.51. The zero-order valence-corrected chi connectivity index (χ0v) is 26.5. The fraction of sp³-hybridized carbons (Fsp3) is 0.588. The van der Waals surface area contributed by atoms with E-state index in [4.69, 9.17) is 9.47 Å². The van der Waals surface area contributed by atoms with Gasteiger partial charge in [-0.05, 0) is 81.2 Å². The SMILES string of the molecule is CCN(C(=O)c1cc(F)ccc1-n1cc(CC2CN(C(C(C)C)C3CC(OC)(OC)C3)C2)c2c(C)cncc21)C(C)C. The van der Waals surface area contributed by atoms with Crippen molar-refractivity contribution in [2.24, 2.45) is 17.8 Å². The maximum absolute atomic E-state index is 14.5. The summed E-state index contributed by atoms with van der Waals surface area (Å²) in [5, 5.41) is 1.17. The van der Waals surface area contributed by atoms with Gasteiger partial charge in [0.05, 0.1) is 23.0 Å². The number of benzene rings is 1. The van der Waals surface area contributed by atoms with Crippen molar-refractivity contribution in [1.82, 2.24) is 19.4 Å². The number of hydrogen-bond donors (Lipinski definition) is 0. The van der Waals surface area contributed by atoms with Crippen LogP contribution < -0.4 is 0 Å². The minimum absolute atomic E-state index is 0.0103. The molecule has 2 aliphatic rings. The number of methoxy groups -OCH3 is 2. The summed E-state index contributed by atoms with van der Waals surface area (Å²) in [6.45, 7) is 15.3. The number of rotatable bonds is 11. The van der Waals surface area contributed by atoms with E-state index in [0.717, 1.165) is 43.4 Å². The van der Waals surface area contributed by atoms with Crippen molar-refractivity contribution in [3.8, 4) is 5.69 Å². The Labute approximate surface area is 250 Å². The normalized spacial score (nSPS) is 18.5. The third-order valence-corrected chi connectivity index (χ3v) is 9.63. The van der Waals surface area contributed by atoms with Gasteiger partial charge in [0.25, 0.3) is 5.91 Å². The highest BCUT2D eigenvalue weighted by molar-refractivity contribution is 5.99. The fourth-order valence-electron chi connectivity index (χ4n) is 7.54. The molecule has 1 aromatic carbocycles. The van der Waals surface area contributed by atoms with Crippen LogP contribution in [-0.2, 0) is 15.9 Å². The van der Waals surface area contributed by atoms with E-state index in [9.17, 15) is 9.18 Å². The Kier molecular flexibility index (Phi) is 8.80. The van der Waals surface area contributed by atoms with E-state index in [2.05, 4.69) is 36.9 Å². The first-order valence-electron chi connectivity index (χ1n) is 15.4. The molecule has 0 bridgehead atoms. The number of aromatic nitrogens is 2. The molecule has 1 aliphatic carbocycles. The molecule has 8 heteroatoms. The van der Waals surface area contributed by atoms with Gasteiger partial charge in [-0.15, -0.1) is 0 Å². The van der Waals surface area contributed by atoms with Crippen molar-refractivity contribution in [2.75, 3.05) is 33.9 Å². The second-order valence-corrected chi connectivity index (χ2v) is 13.0. The third-order valence-electron chi connectivity index (χ3n) is 9.63. The van der Waals surface area contributed by atoms with Crippen LogP contribution in [0.1, 0.15) is 68.9 Å². The fourth-order valence-corrected chi connectivity index (χ4v) is 7.54. The van der Waals surface area contributed by atoms with Crippen molar-refractivity contribution in [2.45, 2.75) is 78.7 Å². The van der Waals surface area contributed by atoms with Gasteiger partial charge < -0.3 is 18.9 Å². The van der Waals surface area contributed by atoms with Gasteiger partial charge in [0, 0.05) is 76.6 Å². The predicted octanol–water partition coefficient (Wildman–Crippen LogP) is 6.24. The lowest BCUT2D eigenvalue weighted by atomic mass is 9.69. The monoisotopic (exact) mass is 578 g/mol. The number of carbonyl (C=O) groups excluding carboxylic acids is 1. The van der Waals surface area contributed by atoms with E-state index in [1.807, 2.05) is 37.7 Å². The van der Waals surface area contributed by atoms with E-state index in [1.165, 1.54) is 23.1 Å². The Morgan fingerprint density at radius 3 is 2.43 bits per heavy atom. The van der Waals surface area contributed by atoms with Crippen molar-refractivity contribution < 1.29 is 18.7 Å². The van der Waals surface area contributed by atoms with Crippen molar-refractivity contribution in [1.29, 1.82) is 0 Å². The van der Waals surface area contributed by atoms with Gasteiger partial charge in [0.1, 0.15) is 5.82 Å². The molecule has 1 saturated heterocycles. The Bertz CT molecular complexity index is 1420. The summed E-state index contributed by atoms with van der Waals surface area (Å²) in [7, 11) is 3.49. The van der Waals surface area contributed by atoms with Crippen LogP contribution in [0.5, 0.6) is 0 Å². The lowest BCUT2D eigenvalue weighted by Gasteiger charge is -2.55. The highest BCUT2D eigenvalue weighted by atomic mass is 19.1. The highest BCUT2D eigenvalue weighted by Crippen LogP contribution is 2.47. The van der Waals surface area contributed by atoms with Gasteiger partial charge >= 0.3 is 0 Å². The summed E-state index contributed by atoms with van der Waals surface area (Å²) >= 11 is 0. The van der Waals surface area contributed by atoms with Crippen LogP contribution in [0.15, 0.2) is 36.8 Å². The Balaban J connectivity index is 1.41. The van der Waals surface area contributed by atoms with Crippen LogP contribution in [0.3, 0.4) is 0 Å². The van der Waals surface area contributed by atoms with E-state index in [0.29, 0.717) is 41.6 Å². The summed E-state index contributed by atoms with van der Waals surface area (Å²) in [6.07, 6.45) is 8.73. The number of nitrogens with zero attached hydrogens (tertiary/aromatic N) is 4. The van der Waals surface area contributed by atoms with Crippen LogP contribution >= 0.6 is 0 Å². The molecule has 0 N–H and O–H groups in total. The largest absolute Gasteiger partial charge is 0.353 e. The summed E-state index contributed by atoms with van der Waals surface area (Å²) < 4.78 is 27.9. The smallest absolute Gasteiger partial charge is 0.256 e. The average molecular weight is 579 g/mol. The molecule has 1 aliphatic heterocycles. The first-order valence-corrected chi connectivity index (χ1v) is 15.4. The molecular weight excluding hydrogens is 531 g/mol. The number of halogens is 1. The van der Waals surface area contributed by atoms with Crippen LogP contribution in [-0.4, -0.2) is 77.0 Å². The van der Waals surface area contributed by atoms with Crippen molar-refractivity contribution in [3.05, 3.63) is 59.3 Å². The summed E-state index contributed by atoms with van der Waals surface area (Å²) in [5.74, 6) is 0.673. The second kappa shape index (κ2) is 12.1. The maximum Gasteiger partial charge on any atom is 0.256 e. The van der Waals surface area contributed by atoms with Crippen LogP contribution in [0.25, 0.3) is 16.6 Å². The Hall–Kier alpha value is -2.81. The Morgan fingerprint density at radius 2 is 1.83 bits per heavy atom.